The number of hydrogen-bond acceptors (Lipinski definition) is 7. The van der Waals surface area contributed by atoms with Gasteiger partial charge < -0.3 is 13.9 Å². The van der Waals surface area contributed by atoms with Gasteiger partial charge >= 0.3 is 5.97 Å². The van der Waals surface area contributed by atoms with Crippen LogP contribution in [0.25, 0.3) is 17.4 Å². The fraction of sp³-hybridized carbons (Fsp3) is 0.179. The number of methoxy groups -OCH3 is 1. The van der Waals surface area contributed by atoms with Gasteiger partial charge in [-0.3, -0.25) is 9.36 Å². The topological polar surface area (TPSA) is 83.0 Å². The maximum atomic E-state index is 13.7. The number of nitrogens with zero attached hydrogens (tertiary/aromatic N) is 2. The molecule has 3 heterocycles. The number of esters is 1. The molecule has 2 aromatic carbocycles. The van der Waals surface area contributed by atoms with Gasteiger partial charge in [0.1, 0.15) is 23.3 Å². The van der Waals surface area contributed by atoms with E-state index in [0.29, 0.717) is 26.6 Å². The molecule has 4 aromatic rings. The first-order valence-electron chi connectivity index (χ1n) is 11.6. The standard InChI is InChI=1S/C28H23BrN2O5S/c1-4-35-27(33)24-16(2)30-28-31(26(32)23(37-28)15-17-5-11-20(34-3)12-6-17)25(24)22-14-13-21(36-22)18-7-9-19(29)10-8-18/h5-15,25H,4H2,1-3H3/b23-15-/t25-/m0/s1. The third kappa shape index (κ3) is 4.84. The molecule has 2 aromatic heterocycles. The zero-order valence-corrected chi connectivity index (χ0v) is 22.8. The van der Waals surface area contributed by atoms with Crippen LogP contribution in [0.3, 0.4) is 0 Å². The fourth-order valence-electron chi connectivity index (χ4n) is 4.18. The maximum absolute atomic E-state index is 13.7. The van der Waals surface area contributed by atoms with Gasteiger partial charge in [0.15, 0.2) is 4.80 Å². The van der Waals surface area contributed by atoms with Gasteiger partial charge in [0.25, 0.3) is 5.56 Å². The summed E-state index contributed by atoms with van der Waals surface area (Å²) in [7, 11) is 1.60. The highest BCUT2D eigenvalue weighted by molar-refractivity contribution is 9.10. The lowest BCUT2D eigenvalue weighted by Gasteiger charge is -2.22. The van der Waals surface area contributed by atoms with Gasteiger partial charge in [-0.05, 0) is 61.9 Å². The Balaban J connectivity index is 1.66. The van der Waals surface area contributed by atoms with Crippen molar-refractivity contribution in [1.82, 2.24) is 4.57 Å². The second-order valence-corrected chi connectivity index (χ2v) is 10.2. The van der Waals surface area contributed by atoms with Gasteiger partial charge in [-0.15, -0.1) is 0 Å². The van der Waals surface area contributed by atoms with Gasteiger partial charge in [-0.25, -0.2) is 9.79 Å². The molecule has 37 heavy (non-hydrogen) atoms. The Morgan fingerprint density at radius 3 is 2.54 bits per heavy atom. The molecule has 188 valence electrons. The van der Waals surface area contributed by atoms with Crippen LogP contribution in [0.2, 0.25) is 0 Å². The van der Waals surface area contributed by atoms with Gasteiger partial charge in [-0.1, -0.05) is 51.5 Å². The number of carbonyl (C=O) groups is 1. The van der Waals surface area contributed by atoms with E-state index >= 15 is 0 Å². The Kier molecular flexibility index (Phi) is 6.99. The molecule has 0 N–H and O–H groups in total. The van der Waals surface area contributed by atoms with Crippen LogP contribution in [0.15, 0.2) is 90.6 Å². The highest BCUT2D eigenvalue weighted by atomic mass is 79.9. The lowest BCUT2D eigenvalue weighted by molar-refractivity contribution is -0.139. The van der Waals surface area contributed by atoms with E-state index in [1.165, 1.54) is 15.9 Å². The van der Waals surface area contributed by atoms with Gasteiger partial charge in [0.2, 0.25) is 0 Å². The fourth-order valence-corrected chi connectivity index (χ4v) is 5.49. The van der Waals surface area contributed by atoms with E-state index in [4.69, 9.17) is 13.9 Å². The Labute approximate surface area is 225 Å². The van der Waals surface area contributed by atoms with Crippen LogP contribution >= 0.6 is 27.3 Å². The number of allylic oxidation sites excluding steroid dienone is 1. The molecule has 7 nitrogen and oxygen atoms in total. The minimum Gasteiger partial charge on any atom is -0.497 e. The number of halogens is 1. The number of aromatic nitrogens is 1. The maximum Gasteiger partial charge on any atom is 0.338 e. The number of fused-ring (bicyclic) bond motifs is 1. The number of furan rings is 1. The van der Waals surface area contributed by atoms with Crippen molar-refractivity contribution < 1.29 is 18.7 Å². The summed E-state index contributed by atoms with van der Waals surface area (Å²) in [6, 6.07) is 18.0. The first-order chi connectivity index (χ1) is 17.9. The second-order valence-electron chi connectivity index (χ2n) is 8.28. The van der Waals surface area contributed by atoms with Gasteiger partial charge in [0, 0.05) is 10.0 Å². The molecule has 1 aliphatic heterocycles. The van der Waals surface area contributed by atoms with Crippen molar-refractivity contribution in [3.63, 3.8) is 0 Å². The zero-order valence-electron chi connectivity index (χ0n) is 20.4. The molecule has 1 aliphatic rings. The first kappa shape index (κ1) is 25.0. The number of carbonyl (C=O) groups excluding carboxylic acids is 1. The van der Waals surface area contributed by atoms with Crippen LogP contribution in [-0.2, 0) is 9.53 Å². The van der Waals surface area contributed by atoms with E-state index in [2.05, 4.69) is 20.9 Å². The summed E-state index contributed by atoms with van der Waals surface area (Å²) < 4.78 is 19.8. The molecule has 0 spiro atoms. The normalized spacial score (nSPS) is 15.4. The molecule has 0 radical (unpaired) electrons. The summed E-state index contributed by atoms with van der Waals surface area (Å²) in [5.41, 5.74) is 2.23. The van der Waals surface area contributed by atoms with Gasteiger partial charge in [0.05, 0.1) is 29.5 Å². The van der Waals surface area contributed by atoms with Crippen molar-refractivity contribution in [1.29, 1.82) is 0 Å². The van der Waals surface area contributed by atoms with Crippen molar-refractivity contribution >= 4 is 39.3 Å². The summed E-state index contributed by atoms with van der Waals surface area (Å²) in [5.74, 6) is 1.28. The largest absolute Gasteiger partial charge is 0.497 e. The second kappa shape index (κ2) is 10.4. The average Bonchev–Trinajstić information content (AvgIpc) is 3.49. The molecule has 0 saturated carbocycles. The predicted molar refractivity (Wildman–Crippen MR) is 145 cm³/mol. The molecule has 0 amide bonds. The smallest absolute Gasteiger partial charge is 0.338 e. The molecular weight excluding hydrogens is 556 g/mol. The number of hydrogen-bond donors (Lipinski definition) is 0. The lowest BCUT2D eigenvalue weighted by atomic mass is 10.0. The van der Waals surface area contributed by atoms with Crippen molar-refractivity contribution in [3.05, 3.63) is 107 Å². The molecule has 0 unspecified atom stereocenters. The Bertz CT molecular complexity index is 1680. The Morgan fingerprint density at radius 1 is 1.14 bits per heavy atom. The summed E-state index contributed by atoms with van der Waals surface area (Å²) >= 11 is 4.71. The quantitative estimate of drug-likeness (QED) is 0.306. The van der Waals surface area contributed by atoms with Crippen LogP contribution in [-0.4, -0.2) is 24.3 Å². The minimum atomic E-state index is -0.808. The van der Waals surface area contributed by atoms with Crippen LogP contribution in [0.5, 0.6) is 5.75 Å². The number of thiazole rings is 1. The first-order valence-corrected chi connectivity index (χ1v) is 13.2. The SMILES string of the molecule is CCOC(=O)C1=C(C)N=c2s/c(=C\c3ccc(OC)cc3)c(=O)n2[C@H]1c1ccc(-c2ccc(Br)cc2)o1. The predicted octanol–water partition coefficient (Wildman–Crippen LogP) is 4.83. The molecule has 0 saturated heterocycles. The summed E-state index contributed by atoms with van der Waals surface area (Å²) in [6.07, 6.45) is 1.80. The van der Waals surface area contributed by atoms with E-state index in [1.54, 1.807) is 33.1 Å². The highest BCUT2D eigenvalue weighted by Crippen LogP contribution is 2.34. The average molecular weight is 579 g/mol. The monoisotopic (exact) mass is 578 g/mol. The van der Waals surface area contributed by atoms with Crippen LogP contribution in [0, 0.1) is 0 Å². The third-order valence-electron chi connectivity index (χ3n) is 5.96. The molecule has 1 atom stereocenters. The van der Waals surface area contributed by atoms with Gasteiger partial charge in [-0.2, -0.15) is 0 Å². The number of rotatable bonds is 6. The van der Waals surface area contributed by atoms with Crippen molar-refractivity contribution in [2.75, 3.05) is 13.7 Å². The van der Waals surface area contributed by atoms with E-state index in [1.807, 2.05) is 54.6 Å². The summed E-state index contributed by atoms with van der Waals surface area (Å²) in [5, 5.41) is 0. The summed E-state index contributed by atoms with van der Waals surface area (Å²) in [4.78, 5) is 31.9. The molecule has 5 rings (SSSR count). The highest BCUT2D eigenvalue weighted by Gasteiger charge is 2.35. The van der Waals surface area contributed by atoms with E-state index in [0.717, 1.165) is 21.3 Å². The van der Waals surface area contributed by atoms with Crippen LogP contribution < -0.4 is 19.6 Å². The third-order valence-corrected chi connectivity index (χ3v) is 7.47. The van der Waals surface area contributed by atoms with Crippen LogP contribution in [0.4, 0.5) is 0 Å². The van der Waals surface area contributed by atoms with Crippen molar-refractivity contribution in [3.8, 4) is 17.1 Å². The van der Waals surface area contributed by atoms with E-state index < -0.39 is 12.0 Å². The number of benzene rings is 2. The molecule has 9 heteroatoms. The lowest BCUT2D eigenvalue weighted by Crippen LogP contribution is -2.39. The molecule has 0 fully saturated rings. The van der Waals surface area contributed by atoms with E-state index in [9.17, 15) is 9.59 Å². The van der Waals surface area contributed by atoms with Crippen molar-refractivity contribution in [2.45, 2.75) is 19.9 Å². The van der Waals surface area contributed by atoms with E-state index in [-0.39, 0.29) is 17.7 Å². The molecule has 0 aliphatic carbocycles. The zero-order chi connectivity index (χ0) is 26.1. The Hall–Kier alpha value is -3.69. The number of ether oxygens (including phenoxy) is 2. The minimum absolute atomic E-state index is 0.201. The molecular formula is C28H23BrN2O5S. The Morgan fingerprint density at radius 2 is 1.86 bits per heavy atom. The van der Waals surface area contributed by atoms with Crippen LogP contribution in [0.1, 0.15) is 31.2 Å². The summed E-state index contributed by atoms with van der Waals surface area (Å²) in [6.45, 7) is 3.69. The van der Waals surface area contributed by atoms with Crippen molar-refractivity contribution in [2.24, 2.45) is 4.99 Å². The molecule has 0 bridgehead atoms.